The Morgan fingerprint density at radius 3 is 3.00 bits per heavy atom. The van der Waals surface area contributed by atoms with E-state index < -0.39 is 0 Å². The lowest BCUT2D eigenvalue weighted by Crippen LogP contribution is -2.10. The summed E-state index contributed by atoms with van der Waals surface area (Å²) >= 11 is 1.65. The largest absolute Gasteiger partial charge is 0.318 e. The summed E-state index contributed by atoms with van der Waals surface area (Å²) in [4.78, 5) is 0. The van der Waals surface area contributed by atoms with Crippen molar-refractivity contribution in [3.63, 3.8) is 0 Å². The number of hydrogen-bond donors (Lipinski definition) is 1. The van der Waals surface area contributed by atoms with Gasteiger partial charge in [0.05, 0.1) is 6.04 Å². The first kappa shape index (κ1) is 7.33. The Labute approximate surface area is 64.9 Å². The summed E-state index contributed by atoms with van der Waals surface area (Å²) in [6.07, 6.45) is 0. The van der Waals surface area contributed by atoms with Gasteiger partial charge in [0.25, 0.3) is 0 Å². The molecule has 0 spiro atoms. The molecule has 0 radical (unpaired) electrons. The van der Waals surface area contributed by atoms with Gasteiger partial charge >= 0.3 is 0 Å². The van der Waals surface area contributed by atoms with Crippen molar-refractivity contribution in [2.45, 2.75) is 13.0 Å². The fraction of sp³-hybridized carbons (Fsp3) is 0.250. The lowest BCUT2D eigenvalue weighted by Gasteiger charge is -1.86. The van der Waals surface area contributed by atoms with Crippen LogP contribution in [0.15, 0.2) is 16.8 Å². The van der Waals surface area contributed by atoms with E-state index in [2.05, 4.69) is 11.8 Å². The molecule has 0 aromatic carbocycles. The first-order valence-corrected chi connectivity index (χ1v) is 4.02. The predicted octanol–water partition coefficient (Wildman–Crippen LogP) is 1.45. The number of hydrogen-bond acceptors (Lipinski definition) is 2. The molecule has 2 heteroatoms. The molecule has 1 heterocycles. The molecule has 0 saturated carbocycles. The van der Waals surface area contributed by atoms with E-state index in [1.54, 1.807) is 11.3 Å². The predicted molar refractivity (Wildman–Crippen MR) is 44.8 cm³/mol. The van der Waals surface area contributed by atoms with Crippen molar-refractivity contribution < 1.29 is 0 Å². The molecule has 1 atom stereocenters. The lowest BCUT2D eigenvalue weighted by molar-refractivity contribution is 0.959. The van der Waals surface area contributed by atoms with Crippen LogP contribution in [0.1, 0.15) is 12.5 Å². The third kappa shape index (κ3) is 2.22. The van der Waals surface area contributed by atoms with Gasteiger partial charge in [0.2, 0.25) is 0 Å². The molecule has 1 aromatic heterocycles. The second-order valence-electron chi connectivity index (χ2n) is 2.07. The molecule has 0 aliphatic heterocycles. The highest BCUT2D eigenvalue weighted by atomic mass is 32.1. The second kappa shape index (κ2) is 3.40. The number of nitrogens with two attached hydrogens (primary N) is 1. The molecule has 1 aromatic rings. The Hall–Kier alpha value is -0.780. The molecule has 0 unspecified atom stereocenters. The van der Waals surface area contributed by atoms with E-state index in [0.29, 0.717) is 0 Å². The van der Waals surface area contributed by atoms with Gasteiger partial charge < -0.3 is 5.73 Å². The Morgan fingerprint density at radius 1 is 1.70 bits per heavy atom. The Balaban J connectivity index is 2.66. The van der Waals surface area contributed by atoms with Crippen LogP contribution in [0.3, 0.4) is 0 Å². The van der Waals surface area contributed by atoms with Crippen LogP contribution in [-0.2, 0) is 0 Å². The molecule has 10 heavy (non-hydrogen) atoms. The van der Waals surface area contributed by atoms with Gasteiger partial charge in [-0.25, -0.2) is 0 Å². The third-order valence-corrected chi connectivity index (χ3v) is 1.65. The normalized spacial score (nSPS) is 11.8. The molecule has 0 fully saturated rings. The minimum Gasteiger partial charge on any atom is -0.318 e. The van der Waals surface area contributed by atoms with Gasteiger partial charge in [0.1, 0.15) is 0 Å². The van der Waals surface area contributed by atoms with Crippen molar-refractivity contribution in [1.29, 1.82) is 0 Å². The number of rotatable bonds is 0. The van der Waals surface area contributed by atoms with Crippen LogP contribution in [0.25, 0.3) is 0 Å². The summed E-state index contributed by atoms with van der Waals surface area (Å²) in [6.45, 7) is 1.87. The summed E-state index contributed by atoms with van der Waals surface area (Å²) in [5, 5.41) is 4.01. The van der Waals surface area contributed by atoms with Crippen molar-refractivity contribution in [2.75, 3.05) is 0 Å². The molecule has 1 nitrogen and oxygen atoms in total. The Morgan fingerprint density at radius 2 is 2.50 bits per heavy atom. The maximum atomic E-state index is 5.44. The minimum atomic E-state index is -0.0279. The molecule has 2 N–H and O–H groups in total. The molecule has 0 saturated heterocycles. The molecule has 0 aliphatic rings. The second-order valence-corrected chi connectivity index (χ2v) is 2.85. The van der Waals surface area contributed by atoms with E-state index in [-0.39, 0.29) is 6.04 Å². The first-order valence-electron chi connectivity index (χ1n) is 3.08. The van der Waals surface area contributed by atoms with Gasteiger partial charge in [-0.3, -0.25) is 0 Å². The van der Waals surface area contributed by atoms with E-state index in [1.807, 2.05) is 23.8 Å². The van der Waals surface area contributed by atoms with E-state index in [1.165, 1.54) is 0 Å². The molecular formula is C8H9NS. The summed E-state index contributed by atoms with van der Waals surface area (Å²) in [6, 6.07) is 1.96. The third-order valence-electron chi connectivity index (χ3n) is 0.965. The van der Waals surface area contributed by atoms with Crippen molar-refractivity contribution in [3.8, 4) is 11.8 Å². The van der Waals surface area contributed by atoms with Gasteiger partial charge in [-0.2, -0.15) is 11.3 Å². The summed E-state index contributed by atoms with van der Waals surface area (Å²) in [5.41, 5.74) is 6.50. The smallest absolute Gasteiger partial charge is 0.0639 e. The fourth-order valence-electron chi connectivity index (χ4n) is 0.533. The van der Waals surface area contributed by atoms with Crippen molar-refractivity contribution in [3.05, 3.63) is 22.4 Å². The summed E-state index contributed by atoms with van der Waals surface area (Å²) in [5.74, 6) is 5.84. The van der Waals surface area contributed by atoms with Gasteiger partial charge in [-0.1, -0.05) is 11.8 Å². The standard InChI is InChI=1S/C8H9NS/c1-7(9)2-3-8-4-5-10-6-8/h4-7H,9H2,1H3/t7-/m1/s1. The SMILES string of the molecule is C[C@@H](N)C#Cc1ccsc1. The summed E-state index contributed by atoms with van der Waals surface area (Å²) in [7, 11) is 0. The average molecular weight is 151 g/mol. The van der Waals surface area contributed by atoms with Crippen molar-refractivity contribution >= 4 is 11.3 Å². The molecule has 1 rings (SSSR count). The molecule has 52 valence electrons. The highest BCUT2D eigenvalue weighted by Gasteiger charge is 1.84. The van der Waals surface area contributed by atoms with Crippen molar-refractivity contribution in [1.82, 2.24) is 0 Å². The maximum Gasteiger partial charge on any atom is 0.0639 e. The van der Waals surface area contributed by atoms with Gasteiger partial charge in [0, 0.05) is 10.9 Å². The van der Waals surface area contributed by atoms with E-state index in [0.717, 1.165) is 5.56 Å². The zero-order chi connectivity index (χ0) is 7.40. The van der Waals surface area contributed by atoms with Gasteiger partial charge in [-0.05, 0) is 18.4 Å². The Bertz CT molecular complexity index is 238. The lowest BCUT2D eigenvalue weighted by atomic mass is 10.3. The van der Waals surface area contributed by atoms with Gasteiger partial charge in [-0.15, -0.1) is 0 Å². The highest BCUT2D eigenvalue weighted by Crippen LogP contribution is 2.02. The van der Waals surface area contributed by atoms with Crippen molar-refractivity contribution in [2.24, 2.45) is 5.73 Å². The van der Waals surface area contributed by atoms with Crippen LogP contribution in [0.5, 0.6) is 0 Å². The first-order chi connectivity index (χ1) is 4.79. The van der Waals surface area contributed by atoms with Crippen LogP contribution in [0.2, 0.25) is 0 Å². The molecule has 0 amide bonds. The van der Waals surface area contributed by atoms with E-state index in [4.69, 9.17) is 5.73 Å². The summed E-state index contributed by atoms with van der Waals surface area (Å²) < 4.78 is 0. The van der Waals surface area contributed by atoms with E-state index >= 15 is 0 Å². The zero-order valence-corrected chi connectivity index (χ0v) is 6.61. The highest BCUT2D eigenvalue weighted by molar-refractivity contribution is 7.08. The Kier molecular flexibility index (Phi) is 2.49. The minimum absolute atomic E-state index is 0.0279. The maximum absolute atomic E-state index is 5.44. The quantitative estimate of drug-likeness (QED) is 0.558. The monoisotopic (exact) mass is 151 g/mol. The average Bonchev–Trinajstić information content (AvgIpc) is 2.34. The van der Waals surface area contributed by atoms with Crippen LogP contribution in [-0.4, -0.2) is 6.04 Å². The molecule has 0 aliphatic carbocycles. The fourth-order valence-corrected chi connectivity index (χ4v) is 1.12. The number of thiophene rings is 1. The van der Waals surface area contributed by atoms with E-state index in [9.17, 15) is 0 Å². The zero-order valence-electron chi connectivity index (χ0n) is 5.79. The van der Waals surface area contributed by atoms with Crippen LogP contribution < -0.4 is 5.73 Å². The van der Waals surface area contributed by atoms with Crippen LogP contribution in [0.4, 0.5) is 0 Å². The topological polar surface area (TPSA) is 26.0 Å². The van der Waals surface area contributed by atoms with Crippen LogP contribution in [0, 0.1) is 11.8 Å². The van der Waals surface area contributed by atoms with Crippen LogP contribution >= 0.6 is 11.3 Å². The molecular weight excluding hydrogens is 142 g/mol. The van der Waals surface area contributed by atoms with Gasteiger partial charge in [0.15, 0.2) is 0 Å². The molecule has 0 bridgehead atoms.